The maximum absolute atomic E-state index is 12.3. The Kier molecular flexibility index (Phi) is 8.69. The van der Waals surface area contributed by atoms with Crippen molar-refractivity contribution in [2.45, 2.75) is 47.6 Å². The number of tetrazole rings is 1. The smallest absolute Gasteiger partial charge is 0.368 e. The van der Waals surface area contributed by atoms with Crippen molar-refractivity contribution >= 4 is 17.3 Å². The van der Waals surface area contributed by atoms with Gasteiger partial charge in [-0.2, -0.15) is 14.5 Å². The number of hydrogen-bond donors (Lipinski definition) is 0. The van der Waals surface area contributed by atoms with Gasteiger partial charge in [-0.15, -0.1) is 11.0 Å². The van der Waals surface area contributed by atoms with E-state index in [1.807, 2.05) is 26.0 Å². The Bertz CT molecular complexity index is 1110. The fraction of sp³-hybridized carbons (Fsp3) is 0.429. The normalized spacial score (nSPS) is 12.4. The molecule has 0 atom stereocenters. The summed E-state index contributed by atoms with van der Waals surface area (Å²) in [6.45, 7) is 9.59. The number of rotatable bonds is 8. The molecule has 1 aromatic carbocycles. The average molecular weight is 425 g/mol. The van der Waals surface area contributed by atoms with Crippen LogP contribution >= 0.6 is 0 Å². The van der Waals surface area contributed by atoms with E-state index in [0.717, 1.165) is 11.1 Å². The molecule has 0 spiro atoms. The molecule has 0 aliphatic rings. The molecule has 2 aromatic rings. The maximum atomic E-state index is 12.3. The number of hydrogen-bond acceptors (Lipinski definition) is 8. The fourth-order valence-electron chi connectivity index (χ4n) is 2.40. The van der Waals surface area contributed by atoms with Crippen LogP contribution in [0.25, 0.3) is 5.69 Å². The van der Waals surface area contributed by atoms with Crippen molar-refractivity contribution in [1.82, 2.24) is 19.8 Å². The number of ether oxygens (including phenoxy) is 1. The Morgan fingerprint density at radius 3 is 2.61 bits per heavy atom. The van der Waals surface area contributed by atoms with Crippen molar-refractivity contribution in [3.05, 3.63) is 39.8 Å². The summed E-state index contributed by atoms with van der Waals surface area (Å²) in [5.41, 5.74) is 3.25. The van der Waals surface area contributed by atoms with Crippen LogP contribution in [0.2, 0.25) is 0 Å². The van der Waals surface area contributed by atoms with Gasteiger partial charge in [-0.3, -0.25) is 0 Å². The molecule has 0 aliphatic carbocycles. The minimum Gasteiger partial charge on any atom is -0.475 e. The van der Waals surface area contributed by atoms with Crippen LogP contribution in [0.4, 0.5) is 0 Å². The lowest BCUT2D eigenvalue weighted by molar-refractivity contribution is 0.180. The van der Waals surface area contributed by atoms with Crippen molar-refractivity contribution in [2.24, 2.45) is 22.4 Å². The summed E-state index contributed by atoms with van der Waals surface area (Å²) in [6.07, 6.45) is 0.544. The van der Waals surface area contributed by atoms with Gasteiger partial charge in [0.05, 0.1) is 17.1 Å². The molecule has 0 fully saturated rings. The van der Waals surface area contributed by atoms with Crippen LogP contribution in [0.5, 0.6) is 0 Å². The summed E-state index contributed by atoms with van der Waals surface area (Å²) in [5.74, 6) is 5.94. The van der Waals surface area contributed by atoms with Crippen LogP contribution in [0.15, 0.2) is 38.4 Å². The lowest BCUT2D eigenvalue weighted by Gasteiger charge is -2.13. The number of aryl methyl sites for hydroxylation is 2. The Labute approximate surface area is 181 Å². The first-order chi connectivity index (χ1) is 14.9. The molecule has 1 aromatic heterocycles. The van der Waals surface area contributed by atoms with Crippen LogP contribution in [-0.4, -0.2) is 43.7 Å². The van der Waals surface area contributed by atoms with E-state index in [9.17, 15) is 4.79 Å². The largest absolute Gasteiger partial charge is 0.475 e. The van der Waals surface area contributed by atoms with Gasteiger partial charge in [0.25, 0.3) is 0 Å². The van der Waals surface area contributed by atoms with Crippen LogP contribution in [0.1, 0.15) is 45.2 Å². The number of nitrogens with zero attached hydrogens (tertiary/aromatic N) is 7. The van der Waals surface area contributed by atoms with Gasteiger partial charge >= 0.3 is 5.69 Å². The van der Waals surface area contributed by atoms with Crippen molar-refractivity contribution in [3.63, 3.8) is 0 Å². The van der Waals surface area contributed by atoms with Crippen molar-refractivity contribution in [2.75, 3.05) is 6.61 Å². The maximum Gasteiger partial charge on any atom is 0.368 e. The highest BCUT2D eigenvalue weighted by atomic mass is 16.6. The first-order valence-corrected chi connectivity index (χ1v) is 9.77. The Morgan fingerprint density at radius 1 is 1.19 bits per heavy atom. The lowest BCUT2D eigenvalue weighted by Crippen LogP contribution is -2.23. The van der Waals surface area contributed by atoms with Crippen molar-refractivity contribution in [1.29, 1.82) is 0 Å². The van der Waals surface area contributed by atoms with Gasteiger partial charge in [0, 0.05) is 19.0 Å². The summed E-state index contributed by atoms with van der Waals surface area (Å²) in [7, 11) is 1.55. The third-order valence-corrected chi connectivity index (χ3v) is 4.37. The molecule has 31 heavy (non-hydrogen) atoms. The molecular formula is C21H27N7O3. The molecule has 0 saturated carbocycles. The molecule has 0 amide bonds. The molecule has 1 heterocycles. The molecule has 0 aliphatic heterocycles. The van der Waals surface area contributed by atoms with Crippen molar-refractivity contribution in [3.8, 4) is 17.5 Å². The summed E-state index contributed by atoms with van der Waals surface area (Å²) >= 11 is 0. The van der Waals surface area contributed by atoms with Gasteiger partial charge in [0.15, 0.2) is 6.61 Å². The van der Waals surface area contributed by atoms with E-state index in [2.05, 4.69) is 37.6 Å². The van der Waals surface area contributed by atoms with Crippen LogP contribution in [0, 0.1) is 18.8 Å². The van der Waals surface area contributed by atoms with Gasteiger partial charge in [-0.1, -0.05) is 30.1 Å². The average Bonchev–Trinajstić information content (AvgIpc) is 3.09. The second kappa shape index (κ2) is 11.4. The van der Waals surface area contributed by atoms with Gasteiger partial charge in [-0.25, -0.2) is 4.79 Å². The highest BCUT2D eigenvalue weighted by Crippen LogP contribution is 2.18. The Morgan fingerprint density at radius 2 is 1.97 bits per heavy atom. The minimum absolute atomic E-state index is 0.206. The van der Waals surface area contributed by atoms with Crippen molar-refractivity contribution < 1.29 is 9.57 Å². The molecule has 0 unspecified atom stereocenters. The van der Waals surface area contributed by atoms with Crippen LogP contribution in [-0.2, 0) is 23.2 Å². The Balaban J connectivity index is 2.18. The zero-order valence-corrected chi connectivity index (χ0v) is 18.7. The van der Waals surface area contributed by atoms with Crippen LogP contribution in [0.3, 0.4) is 0 Å². The molecule has 0 N–H and O–H groups in total. The first kappa shape index (κ1) is 23.5. The first-order valence-electron chi connectivity index (χ1n) is 9.77. The monoisotopic (exact) mass is 425 g/mol. The van der Waals surface area contributed by atoms with Crippen LogP contribution < -0.4 is 5.69 Å². The SMILES string of the molecule is CC#CCON=C(C)C(C)=NN=C(CC)OCc1c(C)cccc1-n1nnn(C)c1=O. The molecular weight excluding hydrogens is 398 g/mol. The Hall–Kier alpha value is -3.74. The third kappa shape index (κ3) is 6.37. The second-order valence-electron chi connectivity index (χ2n) is 6.57. The molecule has 164 valence electrons. The minimum atomic E-state index is -0.335. The molecule has 10 nitrogen and oxygen atoms in total. The van der Waals surface area contributed by atoms with Gasteiger partial charge < -0.3 is 9.57 Å². The molecule has 10 heteroatoms. The molecule has 0 bridgehead atoms. The van der Waals surface area contributed by atoms with E-state index >= 15 is 0 Å². The fourth-order valence-corrected chi connectivity index (χ4v) is 2.40. The van der Waals surface area contributed by atoms with E-state index in [-0.39, 0.29) is 18.9 Å². The number of benzene rings is 1. The highest BCUT2D eigenvalue weighted by molar-refractivity contribution is 6.40. The zero-order valence-electron chi connectivity index (χ0n) is 18.7. The summed E-state index contributed by atoms with van der Waals surface area (Å²) < 4.78 is 8.32. The van der Waals surface area contributed by atoms with E-state index in [0.29, 0.717) is 29.4 Å². The predicted molar refractivity (Wildman–Crippen MR) is 119 cm³/mol. The summed E-state index contributed by atoms with van der Waals surface area (Å²) in [4.78, 5) is 17.4. The third-order valence-electron chi connectivity index (χ3n) is 4.37. The summed E-state index contributed by atoms with van der Waals surface area (Å²) in [6, 6.07) is 5.60. The molecule has 0 saturated heterocycles. The van der Waals surface area contributed by atoms with E-state index < -0.39 is 0 Å². The van der Waals surface area contributed by atoms with Gasteiger partial charge in [0.1, 0.15) is 6.61 Å². The predicted octanol–water partition coefficient (Wildman–Crippen LogP) is 2.39. The molecule has 0 radical (unpaired) electrons. The van der Waals surface area contributed by atoms with Gasteiger partial charge in [0.2, 0.25) is 5.90 Å². The number of oxime groups is 1. The molecule has 2 rings (SSSR count). The van der Waals surface area contributed by atoms with E-state index in [4.69, 9.17) is 9.57 Å². The highest BCUT2D eigenvalue weighted by Gasteiger charge is 2.14. The van der Waals surface area contributed by atoms with Gasteiger partial charge in [-0.05, 0) is 49.8 Å². The number of aromatic nitrogens is 4. The second-order valence-corrected chi connectivity index (χ2v) is 6.57. The lowest BCUT2D eigenvalue weighted by atomic mass is 10.1. The standard InChI is InChI=1S/C21H27N7O3/c1-7-9-13-31-24-17(5)16(4)22-23-20(8-2)30-14-18-15(3)11-10-12-19(18)28-21(29)27(6)25-26-28/h10-12H,8,13-14H2,1-6H3. The topological polar surface area (TPSA) is 108 Å². The zero-order chi connectivity index (χ0) is 22.8. The summed E-state index contributed by atoms with van der Waals surface area (Å²) in [5, 5.41) is 20.0. The van der Waals surface area contributed by atoms with E-state index in [1.54, 1.807) is 33.9 Å². The van der Waals surface area contributed by atoms with E-state index in [1.165, 1.54) is 9.36 Å². The quantitative estimate of drug-likeness (QED) is 0.212.